The van der Waals surface area contributed by atoms with Crippen LogP contribution in [0.3, 0.4) is 0 Å². The summed E-state index contributed by atoms with van der Waals surface area (Å²) in [5.41, 5.74) is 6.36. The maximum absolute atomic E-state index is 12.9. The summed E-state index contributed by atoms with van der Waals surface area (Å²) >= 11 is 0. The first-order valence-corrected chi connectivity index (χ1v) is 11.1. The van der Waals surface area contributed by atoms with Crippen LogP contribution >= 0.6 is 0 Å². The van der Waals surface area contributed by atoms with Gasteiger partial charge >= 0.3 is 0 Å². The number of hydrogen-bond acceptors (Lipinski definition) is 5. The van der Waals surface area contributed by atoms with E-state index in [9.17, 15) is 16.8 Å². The Morgan fingerprint density at radius 2 is 1.78 bits per heavy atom. The lowest BCUT2D eigenvalue weighted by Gasteiger charge is -2.38. The van der Waals surface area contributed by atoms with E-state index >= 15 is 0 Å². The zero-order valence-electron chi connectivity index (χ0n) is 13.5. The van der Waals surface area contributed by atoms with Gasteiger partial charge in [0.25, 0.3) is 0 Å². The molecule has 6 nitrogen and oxygen atoms in total. The van der Waals surface area contributed by atoms with Gasteiger partial charge in [0.15, 0.2) is 9.84 Å². The Morgan fingerprint density at radius 1 is 1.17 bits per heavy atom. The van der Waals surface area contributed by atoms with Gasteiger partial charge < -0.3 is 5.73 Å². The van der Waals surface area contributed by atoms with Crippen molar-refractivity contribution in [1.29, 1.82) is 0 Å². The van der Waals surface area contributed by atoms with E-state index in [0.29, 0.717) is 18.7 Å². The number of benzene rings is 1. The highest BCUT2D eigenvalue weighted by Crippen LogP contribution is 2.28. The molecule has 2 N–H and O–H groups in total. The fourth-order valence-electron chi connectivity index (χ4n) is 3.06. The molecule has 0 aromatic heterocycles. The summed E-state index contributed by atoms with van der Waals surface area (Å²) in [6.07, 6.45) is 2.95. The van der Waals surface area contributed by atoms with Crippen molar-refractivity contribution < 1.29 is 16.8 Å². The average Bonchev–Trinajstić information content (AvgIpc) is 2.45. The lowest BCUT2D eigenvalue weighted by molar-refractivity contribution is 0.192. The first-order valence-electron chi connectivity index (χ1n) is 7.64. The van der Waals surface area contributed by atoms with E-state index in [4.69, 9.17) is 5.73 Å². The summed E-state index contributed by atoms with van der Waals surface area (Å²) < 4.78 is 49.8. The predicted octanol–water partition coefficient (Wildman–Crippen LogP) is 0.979. The van der Waals surface area contributed by atoms with Gasteiger partial charge in [-0.3, -0.25) is 0 Å². The number of hydrogen-bond donors (Lipinski definition) is 1. The Morgan fingerprint density at radius 3 is 2.30 bits per heavy atom. The molecule has 1 aromatic rings. The van der Waals surface area contributed by atoms with Gasteiger partial charge in [-0.2, -0.15) is 4.31 Å². The Bertz CT molecular complexity index is 742. The van der Waals surface area contributed by atoms with E-state index < -0.39 is 19.9 Å². The molecule has 0 aliphatic carbocycles. The third-order valence-electron chi connectivity index (χ3n) is 4.27. The molecule has 0 amide bonds. The fourth-order valence-corrected chi connectivity index (χ4v) is 5.62. The van der Waals surface area contributed by atoms with E-state index in [1.54, 1.807) is 12.1 Å². The molecule has 1 fully saturated rings. The highest BCUT2D eigenvalue weighted by molar-refractivity contribution is 7.90. The lowest BCUT2D eigenvalue weighted by Crippen LogP contribution is -2.51. The SMILES string of the molecule is C[C@@H]1CCCN(S(=O)(=O)c2ccc(CS(C)(=O)=O)cc2)[C@H]1CN. The quantitative estimate of drug-likeness (QED) is 0.844. The third-order valence-corrected chi connectivity index (χ3v) is 7.06. The number of sulfone groups is 1. The molecule has 8 heteroatoms. The van der Waals surface area contributed by atoms with Crippen molar-refractivity contribution in [3.05, 3.63) is 29.8 Å². The first kappa shape index (κ1) is 18.4. The van der Waals surface area contributed by atoms with E-state index in [1.165, 1.54) is 16.4 Å². The Balaban J connectivity index is 2.28. The number of sulfonamides is 1. The van der Waals surface area contributed by atoms with Crippen molar-refractivity contribution in [3.63, 3.8) is 0 Å². The van der Waals surface area contributed by atoms with E-state index in [2.05, 4.69) is 0 Å². The molecule has 0 saturated carbocycles. The molecule has 1 saturated heterocycles. The molecule has 0 radical (unpaired) electrons. The molecule has 2 atom stereocenters. The second-order valence-electron chi connectivity index (χ2n) is 6.25. The third kappa shape index (κ3) is 4.32. The molecule has 1 aromatic carbocycles. The minimum absolute atomic E-state index is 0.0977. The zero-order valence-corrected chi connectivity index (χ0v) is 15.1. The van der Waals surface area contributed by atoms with Crippen LogP contribution in [-0.2, 0) is 25.6 Å². The van der Waals surface area contributed by atoms with Crippen molar-refractivity contribution >= 4 is 19.9 Å². The predicted molar refractivity (Wildman–Crippen MR) is 90.1 cm³/mol. The monoisotopic (exact) mass is 360 g/mol. The number of piperidine rings is 1. The fraction of sp³-hybridized carbons (Fsp3) is 0.600. The summed E-state index contributed by atoms with van der Waals surface area (Å²) in [7, 11) is -6.76. The van der Waals surface area contributed by atoms with Crippen molar-refractivity contribution in [1.82, 2.24) is 4.31 Å². The standard InChI is InChI=1S/C15H24N2O4S2/c1-12-4-3-9-17(15(12)10-16)23(20,21)14-7-5-13(6-8-14)11-22(2,18)19/h5-8,12,15H,3-4,9-11,16H2,1-2H3/t12-,15+/m1/s1. The van der Waals surface area contributed by atoms with Gasteiger partial charge in [-0.15, -0.1) is 0 Å². The van der Waals surface area contributed by atoms with Gasteiger partial charge in [-0.05, 0) is 36.5 Å². The van der Waals surface area contributed by atoms with Gasteiger partial charge in [0.05, 0.1) is 10.6 Å². The normalized spacial score (nSPS) is 23.8. The van der Waals surface area contributed by atoms with Crippen molar-refractivity contribution in [2.45, 2.75) is 36.5 Å². The van der Waals surface area contributed by atoms with Crippen LogP contribution in [0.25, 0.3) is 0 Å². The molecule has 2 rings (SSSR count). The topological polar surface area (TPSA) is 97.5 Å². The minimum Gasteiger partial charge on any atom is -0.329 e. The lowest BCUT2D eigenvalue weighted by atomic mass is 9.93. The summed E-state index contributed by atoms with van der Waals surface area (Å²) in [6.45, 7) is 2.79. The maximum Gasteiger partial charge on any atom is 0.243 e. The summed E-state index contributed by atoms with van der Waals surface area (Å²) in [5, 5.41) is 0. The highest BCUT2D eigenvalue weighted by atomic mass is 32.2. The van der Waals surface area contributed by atoms with Crippen LogP contribution < -0.4 is 5.73 Å². The Labute approximate surface area is 138 Å². The van der Waals surface area contributed by atoms with Gasteiger partial charge in [0.1, 0.15) is 0 Å². The van der Waals surface area contributed by atoms with E-state index in [0.717, 1.165) is 19.1 Å². The second kappa shape index (κ2) is 6.88. The van der Waals surface area contributed by atoms with Gasteiger partial charge in [0.2, 0.25) is 10.0 Å². The van der Waals surface area contributed by atoms with Crippen LogP contribution in [0.1, 0.15) is 25.3 Å². The molecule has 1 aliphatic heterocycles. The molecule has 0 unspecified atom stereocenters. The van der Waals surface area contributed by atoms with Crippen LogP contribution in [0.4, 0.5) is 0 Å². The molecule has 130 valence electrons. The molecule has 0 spiro atoms. The molecule has 1 heterocycles. The molecule has 1 aliphatic rings. The molecular weight excluding hydrogens is 336 g/mol. The van der Waals surface area contributed by atoms with Crippen molar-refractivity contribution in [2.24, 2.45) is 11.7 Å². The van der Waals surface area contributed by atoms with Crippen LogP contribution in [-0.4, -0.2) is 46.5 Å². The summed E-state index contributed by atoms with van der Waals surface area (Å²) in [4.78, 5) is 0.183. The average molecular weight is 361 g/mol. The largest absolute Gasteiger partial charge is 0.329 e. The second-order valence-corrected chi connectivity index (χ2v) is 10.3. The van der Waals surface area contributed by atoms with Crippen LogP contribution in [0, 0.1) is 5.92 Å². The number of rotatable bonds is 5. The van der Waals surface area contributed by atoms with Crippen LogP contribution in [0.5, 0.6) is 0 Å². The number of nitrogens with zero attached hydrogens (tertiary/aromatic N) is 1. The first-order chi connectivity index (χ1) is 10.6. The van der Waals surface area contributed by atoms with Crippen LogP contribution in [0.2, 0.25) is 0 Å². The minimum atomic E-state index is -3.61. The highest BCUT2D eigenvalue weighted by Gasteiger charge is 2.36. The summed E-state index contributed by atoms with van der Waals surface area (Å²) in [6, 6.07) is 5.87. The van der Waals surface area contributed by atoms with E-state index in [1.807, 2.05) is 6.92 Å². The van der Waals surface area contributed by atoms with Crippen molar-refractivity contribution in [2.75, 3.05) is 19.3 Å². The van der Waals surface area contributed by atoms with Gasteiger partial charge in [0, 0.05) is 25.4 Å². The van der Waals surface area contributed by atoms with Crippen molar-refractivity contribution in [3.8, 4) is 0 Å². The molecule has 23 heavy (non-hydrogen) atoms. The smallest absolute Gasteiger partial charge is 0.243 e. The van der Waals surface area contributed by atoms with Gasteiger partial charge in [-0.25, -0.2) is 16.8 Å². The van der Waals surface area contributed by atoms with Gasteiger partial charge in [-0.1, -0.05) is 19.1 Å². The number of nitrogens with two attached hydrogens (primary N) is 1. The van der Waals surface area contributed by atoms with E-state index in [-0.39, 0.29) is 22.6 Å². The zero-order chi connectivity index (χ0) is 17.3. The van der Waals surface area contributed by atoms with Crippen LogP contribution in [0.15, 0.2) is 29.2 Å². The summed E-state index contributed by atoms with van der Waals surface area (Å²) in [5.74, 6) is 0.132. The maximum atomic E-state index is 12.9. The Kier molecular flexibility index (Phi) is 5.50. The Hall–Kier alpha value is -0.960. The molecular formula is C15H24N2O4S2. The molecule has 0 bridgehead atoms.